The lowest BCUT2D eigenvalue weighted by Gasteiger charge is -2.10. The first kappa shape index (κ1) is 14.9. The van der Waals surface area contributed by atoms with E-state index in [0.29, 0.717) is 5.69 Å². The molecule has 6 nitrogen and oxygen atoms in total. The summed E-state index contributed by atoms with van der Waals surface area (Å²) in [5.41, 5.74) is 0.552. The van der Waals surface area contributed by atoms with E-state index in [0.717, 1.165) is 4.47 Å². The standard InChI is InChI=1S/C14H11BrN2O4/c15-10-3-1-2-4-11(10)17-14(21)16-8-5-6-12(18)9(7-8)13(19)20/h1-7,18H,(H,19,20)(H2,16,17,21). The zero-order valence-electron chi connectivity index (χ0n) is 10.6. The predicted molar refractivity (Wildman–Crippen MR) is 81.8 cm³/mol. The summed E-state index contributed by atoms with van der Waals surface area (Å²) in [5.74, 6) is -1.64. The molecule has 0 aromatic heterocycles. The number of carbonyl (C=O) groups is 2. The van der Waals surface area contributed by atoms with Gasteiger partial charge in [0.2, 0.25) is 0 Å². The molecule has 0 spiro atoms. The molecule has 0 atom stereocenters. The number of rotatable bonds is 3. The van der Waals surface area contributed by atoms with Crippen LogP contribution in [0.15, 0.2) is 46.9 Å². The smallest absolute Gasteiger partial charge is 0.339 e. The number of halogens is 1. The Balaban J connectivity index is 2.12. The molecular formula is C14H11BrN2O4. The van der Waals surface area contributed by atoms with E-state index in [1.54, 1.807) is 18.2 Å². The number of anilines is 2. The number of benzene rings is 2. The first-order chi connectivity index (χ1) is 9.97. The predicted octanol–water partition coefficient (Wildman–Crippen LogP) is 3.50. The number of para-hydroxylation sites is 1. The Kier molecular flexibility index (Phi) is 4.44. The van der Waals surface area contributed by atoms with Crippen molar-refractivity contribution < 1.29 is 19.8 Å². The van der Waals surface area contributed by atoms with Crippen molar-refractivity contribution in [3.05, 3.63) is 52.5 Å². The molecule has 0 aliphatic heterocycles. The van der Waals surface area contributed by atoms with Gasteiger partial charge in [-0.2, -0.15) is 0 Å². The fourth-order valence-corrected chi connectivity index (χ4v) is 2.02. The minimum absolute atomic E-state index is 0.259. The molecule has 0 saturated carbocycles. The number of phenols is 1. The van der Waals surface area contributed by atoms with Crippen LogP contribution in [0.5, 0.6) is 5.75 Å². The second kappa shape index (κ2) is 6.27. The van der Waals surface area contributed by atoms with E-state index >= 15 is 0 Å². The van der Waals surface area contributed by atoms with E-state index in [-0.39, 0.29) is 17.0 Å². The first-order valence-corrected chi connectivity index (χ1v) is 6.65. The molecule has 2 aromatic carbocycles. The molecule has 2 amide bonds. The maximum atomic E-state index is 11.8. The molecule has 0 fully saturated rings. The lowest BCUT2D eigenvalue weighted by Crippen LogP contribution is -2.19. The molecule has 4 N–H and O–H groups in total. The molecule has 0 aliphatic rings. The SMILES string of the molecule is O=C(Nc1ccc(O)c(C(=O)O)c1)Nc1ccccc1Br. The third kappa shape index (κ3) is 3.73. The molecule has 108 valence electrons. The highest BCUT2D eigenvalue weighted by molar-refractivity contribution is 9.10. The summed E-state index contributed by atoms with van der Waals surface area (Å²) in [5, 5.41) is 23.4. The van der Waals surface area contributed by atoms with Gasteiger partial charge < -0.3 is 20.8 Å². The minimum Gasteiger partial charge on any atom is -0.507 e. The normalized spacial score (nSPS) is 9.95. The topological polar surface area (TPSA) is 98.7 Å². The number of nitrogens with one attached hydrogen (secondary N) is 2. The molecule has 21 heavy (non-hydrogen) atoms. The van der Waals surface area contributed by atoms with E-state index in [2.05, 4.69) is 26.6 Å². The number of hydrogen-bond donors (Lipinski definition) is 4. The summed E-state index contributed by atoms with van der Waals surface area (Å²) in [6.07, 6.45) is 0. The van der Waals surface area contributed by atoms with E-state index < -0.39 is 12.0 Å². The highest BCUT2D eigenvalue weighted by atomic mass is 79.9. The largest absolute Gasteiger partial charge is 0.507 e. The average Bonchev–Trinajstić information content (AvgIpc) is 2.43. The van der Waals surface area contributed by atoms with E-state index in [1.165, 1.54) is 18.2 Å². The van der Waals surface area contributed by atoms with Crippen LogP contribution in [0.2, 0.25) is 0 Å². The summed E-state index contributed by atoms with van der Waals surface area (Å²) in [6, 6.07) is 10.3. The van der Waals surface area contributed by atoms with Gasteiger partial charge in [0.05, 0.1) is 5.69 Å². The van der Waals surface area contributed by atoms with Crippen LogP contribution >= 0.6 is 15.9 Å². The van der Waals surface area contributed by atoms with Crippen LogP contribution in [-0.2, 0) is 0 Å². The van der Waals surface area contributed by atoms with Crippen molar-refractivity contribution >= 4 is 39.3 Å². The number of hydrogen-bond acceptors (Lipinski definition) is 3. The Hall–Kier alpha value is -2.54. The van der Waals surface area contributed by atoms with Gasteiger partial charge >= 0.3 is 12.0 Å². The molecule has 0 unspecified atom stereocenters. The van der Waals surface area contributed by atoms with Gasteiger partial charge in [0.15, 0.2) is 0 Å². The van der Waals surface area contributed by atoms with Crippen LogP contribution < -0.4 is 10.6 Å². The number of aromatic carboxylic acids is 1. The number of urea groups is 1. The van der Waals surface area contributed by atoms with E-state index in [1.807, 2.05) is 6.07 Å². The first-order valence-electron chi connectivity index (χ1n) is 5.86. The Labute approximate surface area is 128 Å². The summed E-state index contributed by atoms with van der Waals surface area (Å²) in [4.78, 5) is 22.7. The van der Waals surface area contributed by atoms with Gasteiger partial charge in [-0.25, -0.2) is 9.59 Å². The Morgan fingerprint density at radius 3 is 2.43 bits per heavy atom. The third-order valence-corrected chi connectivity index (χ3v) is 3.30. The summed E-state index contributed by atoms with van der Waals surface area (Å²) in [6.45, 7) is 0. The molecule has 0 aliphatic carbocycles. The molecule has 0 bridgehead atoms. The molecule has 2 rings (SSSR count). The van der Waals surface area contributed by atoms with Crippen LogP contribution in [-0.4, -0.2) is 22.2 Å². The summed E-state index contributed by atoms with van der Waals surface area (Å²) < 4.78 is 0.720. The molecule has 7 heteroatoms. The van der Waals surface area contributed by atoms with E-state index in [9.17, 15) is 14.7 Å². The maximum absolute atomic E-state index is 11.8. The number of carboxylic acids is 1. The van der Waals surface area contributed by atoms with Crippen LogP contribution in [0, 0.1) is 0 Å². The zero-order valence-corrected chi connectivity index (χ0v) is 12.2. The molecule has 0 heterocycles. The second-order valence-electron chi connectivity index (χ2n) is 4.10. The lowest BCUT2D eigenvalue weighted by atomic mass is 10.2. The molecule has 0 saturated heterocycles. The van der Waals surface area contributed by atoms with E-state index in [4.69, 9.17) is 5.11 Å². The summed E-state index contributed by atoms with van der Waals surface area (Å²) in [7, 11) is 0. The minimum atomic E-state index is -1.28. The molecular weight excluding hydrogens is 340 g/mol. The van der Waals surface area contributed by atoms with Crippen LogP contribution in [0.1, 0.15) is 10.4 Å². The zero-order chi connectivity index (χ0) is 15.4. The van der Waals surface area contributed by atoms with Gasteiger partial charge in [0.25, 0.3) is 0 Å². The van der Waals surface area contributed by atoms with Crippen molar-refractivity contribution in [1.82, 2.24) is 0 Å². The van der Waals surface area contributed by atoms with Crippen molar-refractivity contribution in [3.8, 4) is 5.75 Å². The van der Waals surface area contributed by atoms with Crippen molar-refractivity contribution in [1.29, 1.82) is 0 Å². The van der Waals surface area contributed by atoms with Gasteiger partial charge in [-0.1, -0.05) is 12.1 Å². The van der Waals surface area contributed by atoms with Crippen molar-refractivity contribution in [2.24, 2.45) is 0 Å². The second-order valence-corrected chi connectivity index (χ2v) is 4.95. The van der Waals surface area contributed by atoms with Gasteiger partial charge in [-0.15, -0.1) is 0 Å². The van der Waals surface area contributed by atoms with Gasteiger partial charge in [-0.05, 0) is 46.3 Å². The van der Waals surface area contributed by atoms with Crippen molar-refractivity contribution in [2.45, 2.75) is 0 Å². The quantitative estimate of drug-likeness (QED) is 0.636. The Morgan fingerprint density at radius 2 is 1.76 bits per heavy atom. The van der Waals surface area contributed by atoms with Crippen LogP contribution in [0.4, 0.5) is 16.2 Å². The summed E-state index contributed by atoms with van der Waals surface area (Å²) >= 11 is 3.30. The highest BCUT2D eigenvalue weighted by Crippen LogP contribution is 2.23. The maximum Gasteiger partial charge on any atom is 0.339 e. The fraction of sp³-hybridized carbons (Fsp3) is 0. The fourth-order valence-electron chi connectivity index (χ4n) is 1.63. The highest BCUT2D eigenvalue weighted by Gasteiger charge is 2.12. The van der Waals surface area contributed by atoms with Crippen molar-refractivity contribution in [3.63, 3.8) is 0 Å². The van der Waals surface area contributed by atoms with Crippen LogP contribution in [0.3, 0.4) is 0 Å². The van der Waals surface area contributed by atoms with Crippen molar-refractivity contribution in [2.75, 3.05) is 10.6 Å². The Bertz CT molecular complexity index is 703. The molecule has 0 radical (unpaired) electrons. The van der Waals surface area contributed by atoms with Gasteiger partial charge in [0, 0.05) is 10.2 Å². The average molecular weight is 351 g/mol. The molecule has 2 aromatic rings. The Morgan fingerprint density at radius 1 is 1.05 bits per heavy atom. The lowest BCUT2D eigenvalue weighted by molar-refractivity contribution is 0.0693. The number of carbonyl (C=O) groups excluding carboxylic acids is 1. The third-order valence-electron chi connectivity index (χ3n) is 2.61. The monoisotopic (exact) mass is 350 g/mol. The number of aromatic hydroxyl groups is 1. The van der Waals surface area contributed by atoms with Gasteiger partial charge in [-0.3, -0.25) is 0 Å². The number of amides is 2. The number of carboxylic acid groups (broad SMARTS) is 1. The van der Waals surface area contributed by atoms with Gasteiger partial charge in [0.1, 0.15) is 11.3 Å². The van der Waals surface area contributed by atoms with Crippen LogP contribution in [0.25, 0.3) is 0 Å².